The number of hydrogen-bond acceptors (Lipinski definition) is 4. The minimum atomic E-state index is 0.519. The van der Waals surface area contributed by atoms with Crippen LogP contribution in [0, 0.1) is 25.2 Å². The van der Waals surface area contributed by atoms with E-state index in [-0.39, 0.29) is 0 Å². The maximum Gasteiger partial charge on any atom is 0.170 e. The Kier molecular flexibility index (Phi) is 6.86. The highest BCUT2D eigenvalue weighted by Crippen LogP contribution is 2.24. The summed E-state index contributed by atoms with van der Waals surface area (Å²) in [6.45, 7) is 5.43. The van der Waals surface area contributed by atoms with Crippen molar-refractivity contribution in [2.45, 2.75) is 20.3 Å². The van der Waals surface area contributed by atoms with Crippen molar-refractivity contribution in [1.29, 1.82) is 5.26 Å². The first kappa shape index (κ1) is 20.8. The van der Waals surface area contributed by atoms with Gasteiger partial charge in [-0.2, -0.15) is 5.26 Å². The van der Waals surface area contributed by atoms with Crippen molar-refractivity contribution in [2.75, 3.05) is 23.7 Å². The quantitative estimate of drug-likeness (QED) is 0.375. The molecule has 0 aliphatic heterocycles. The summed E-state index contributed by atoms with van der Waals surface area (Å²) in [5.41, 5.74) is 4.50. The number of nitrogens with one attached hydrogen (secondary N) is 3. The number of hydrogen-bond donors (Lipinski definition) is 3. The second kappa shape index (κ2) is 9.55. The molecular formula is C22H22ClN5S. The van der Waals surface area contributed by atoms with Gasteiger partial charge in [0.25, 0.3) is 0 Å². The summed E-state index contributed by atoms with van der Waals surface area (Å²) in [5.74, 6) is 0.613. The molecule has 0 bridgehead atoms. The molecule has 3 N–H and O–H groups in total. The summed E-state index contributed by atoms with van der Waals surface area (Å²) in [7, 11) is 0. The molecule has 5 nitrogen and oxygen atoms in total. The molecule has 0 saturated heterocycles. The highest BCUT2D eigenvalue weighted by Gasteiger charge is 2.09. The molecule has 7 heteroatoms. The van der Waals surface area contributed by atoms with Crippen LogP contribution in [0.1, 0.15) is 23.1 Å². The first-order valence-corrected chi connectivity index (χ1v) is 10.1. The zero-order valence-corrected chi connectivity index (χ0v) is 17.9. The Morgan fingerprint density at radius 3 is 2.72 bits per heavy atom. The number of nitriles is 1. The number of para-hydroxylation sites is 1. The lowest BCUT2D eigenvalue weighted by Gasteiger charge is -2.13. The summed E-state index contributed by atoms with van der Waals surface area (Å²) < 4.78 is 0. The lowest BCUT2D eigenvalue weighted by Crippen LogP contribution is -2.30. The molecule has 0 amide bonds. The van der Waals surface area contributed by atoms with Crippen molar-refractivity contribution in [3.63, 3.8) is 0 Å². The molecule has 2 aromatic carbocycles. The first-order valence-electron chi connectivity index (χ1n) is 9.33. The molecule has 29 heavy (non-hydrogen) atoms. The average molecular weight is 424 g/mol. The lowest BCUT2D eigenvalue weighted by atomic mass is 10.0. The van der Waals surface area contributed by atoms with E-state index in [9.17, 15) is 5.26 Å². The Morgan fingerprint density at radius 2 is 1.97 bits per heavy atom. The van der Waals surface area contributed by atoms with Gasteiger partial charge in [0.05, 0.1) is 21.8 Å². The first-order chi connectivity index (χ1) is 14.0. The minimum absolute atomic E-state index is 0.519. The number of fused-ring (bicyclic) bond motifs is 1. The molecule has 148 valence electrons. The van der Waals surface area contributed by atoms with Crippen molar-refractivity contribution in [2.24, 2.45) is 0 Å². The van der Waals surface area contributed by atoms with Gasteiger partial charge in [-0.1, -0.05) is 29.8 Å². The van der Waals surface area contributed by atoms with Gasteiger partial charge in [0.1, 0.15) is 11.9 Å². The number of rotatable bonds is 6. The number of thiocarbonyl (C=S) groups is 1. The summed E-state index contributed by atoms with van der Waals surface area (Å²) in [6, 6.07) is 15.7. The fourth-order valence-corrected chi connectivity index (χ4v) is 3.47. The summed E-state index contributed by atoms with van der Waals surface area (Å²) in [5, 5.41) is 21.1. The van der Waals surface area contributed by atoms with Crippen molar-refractivity contribution in [3.05, 3.63) is 64.2 Å². The van der Waals surface area contributed by atoms with Crippen LogP contribution in [-0.2, 0) is 0 Å². The van der Waals surface area contributed by atoms with E-state index < -0.39 is 0 Å². The van der Waals surface area contributed by atoms with Crippen LogP contribution < -0.4 is 16.0 Å². The van der Waals surface area contributed by atoms with Crippen molar-refractivity contribution < 1.29 is 0 Å². The van der Waals surface area contributed by atoms with Crippen LogP contribution in [0.25, 0.3) is 10.9 Å². The van der Waals surface area contributed by atoms with Crippen molar-refractivity contribution >= 4 is 51.3 Å². The van der Waals surface area contributed by atoms with E-state index in [1.54, 1.807) is 0 Å². The molecule has 0 atom stereocenters. The van der Waals surface area contributed by atoms with E-state index in [2.05, 4.69) is 33.1 Å². The van der Waals surface area contributed by atoms with Gasteiger partial charge in [-0.15, -0.1) is 0 Å². The van der Waals surface area contributed by atoms with E-state index >= 15 is 0 Å². The van der Waals surface area contributed by atoms with Gasteiger partial charge in [-0.3, -0.25) is 0 Å². The number of anilines is 2. The topological polar surface area (TPSA) is 72.8 Å². The van der Waals surface area contributed by atoms with Crippen LogP contribution in [0.3, 0.4) is 0 Å². The Labute approximate surface area is 181 Å². The van der Waals surface area contributed by atoms with Gasteiger partial charge in [0, 0.05) is 18.5 Å². The van der Waals surface area contributed by atoms with E-state index in [0.717, 1.165) is 34.1 Å². The predicted molar refractivity (Wildman–Crippen MR) is 125 cm³/mol. The SMILES string of the molecule is Cc1cc(C)c2cc(C#N)c(NCCCNC(=S)Nc3ccccc3Cl)nc2c1. The lowest BCUT2D eigenvalue weighted by molar-refractivity contribution is 0.807. The van der Waals surface area contributed by atoms with Crippen LogP contribution in [0.5, 0.6) is 0 Å². The molecule has 0 aliphatic carbocycles. The molecule has 0 radical (unpaired) electrons. The van der Waals surface area contributed by atoms with Crippen LogP contribution >= 0.6 is 23.8 Å². The zero-order chi connectivity index (χ0) is 20.8. The standard InChI is InChI=1S/C22H22ClN5S/c1-14-10-15(2)17-12-16(13-24)21(27-20(17)11-14)25-8-5-9-26-22(29)28-19-7-4-3-6-18(19)23/h3-4,6-7,10-12H,5,8-9H2,1-2H3,(H,25,27)(H2,26,28,29). The fourth-order valence-electron chi connectivity index (χ4n) is 3.08. The number of pyridine rings is 1. The molecule has 0 fully saturated rings. The molecule has 0 saturated carbocycles. The maximum atomic E-state index is 9.48. The Balaban J connectivity index is 1.54. The fraction of sp³-hybridized carbons (Fsp3) is 0.227. The molecule has 3 aromatic rings. The smallest absolute Gasteiger partial charge is 0.170 e. The molecule has 0 aliphatic rings. The number of aromatic nitrogens is 1. The van der Waals surface area contributed by atoms with Crippen LogP contribution in [-0.4, -0.2) is 23.2 Å². The number of benzene rings is 2. The summed E-state index contributed by atoms with van der Waals surface area (Å²) >= 11 is 11.4. The molecule has 0 spiro atoms. The third-order valence-corrected chi connectivity index (χ3v) is 5.04. The summed E-state index contributed by atoms with van der Waals surface area (Å²) in [6.07, 6.45) is 0.807. The van der Waals surface area contributed by atoms with Crippen molar-refractivity contribution in [3.8, 4) is 6.07 Å². The second-order valence-corrected chi connectivity index (χ2v) is 7.60. The van der Waals surface area contributed by atoms with Crippen LogP contribution in [0.2, 0.25) is 5.02 Å². The highest BCUT2D eigenvalue weighted by atomic mass is 35.5. The van der Waals surface area contributed by atoms with Gasteiger partial charge < -0.3 is 16.0 Å². The molecule has 1 aromatic heterocycles. The summed E-state index contributed by atoms with van der Waals surface area (Å²) in [4.78, 5) is 4.66. The van der Waals surface area contributed by atoms with Gasteiger partial charge in [-0.05, 0) is 67.9 Å². The normalized spacial score (nSPS) is 10.4. The third-order valence-electron chi connectivity index (χ3n) is 4.46. The number of nitrogens with zero attached hydrogens (tertiary/aromatic N) is 2. The van der Waals surface area contributed by atoms with Gasteiger partial charge in [-0.25, -0.2) is 4.98 Å². The minimum Gasteiger partial charge on any atom is -0.369 e. The third kappa shape index (κ3) is 5.35. The van der Waals surface area contributed by atoms with E-state index in [0.29, 0.717) is 34.6 Å². The average Bonchev–Trinajstić information content (AvgIpc) is 2.69. The number of halogens is 1. The molecule has 1 heterocycles. The Hall–Kier alpha value is -2.88. The van der Waals surface area contributed by atoms with Crippen LogP contribution in [0.4, 0.5) is 11.5 Å². The molecular weight excluding hydrogens is 402 g/mol. The maximum absolute atomic E-state index is 9.48. The van der Waals surface area contributed by atoms with E-state index in [1.165, 1.54) is 0 Å². The van der Waals surface area contributed by atoms with Gasteiger partial charge >= 0.3 is 0 Å². The van der Waals surface area contributed by atoms with Crippen molar-refractivity contribution in [1.82, 2.24) is 10.3 Å². The Morgan fingerprint density at radius 1 is 1.17 bits per heavy atom. The Bertz CT molecular complexity index is 1090. The zero-order valence-electron chi connectivity index (χ0n) is 16.3. The highest BCUT2D eigenvalue weighted by molar-refractivity contribution is 7.80. The number of aryl methyl sites for hydroxylation is 2. The van der Waals surface area contributed by atoms with E-state index in [4.69, 9.17) is 23.8 Å². The largest absolute Gasteiger partial charge is 0.369 e. The van der Waals surface area contributed by atoms with Gasteiger partial charge in [0.2, 0.25) is 0 Å². The molecule has 0 unspecified atom stereocenters. The monoisotopic (exact) mass is 423 g/mol. The van der Waals surface area contributed by atoms with E-state index in [1.807, 2.05) is 50.2 Å². The molecule has 3 rings (SSSR count). The predicted octanol–water partition coefficient (Wildman–Crippen LogP) is 5.17. The second-order valence-electron chi connectivity index (χ2n) is 6.79. The van der Waals surface area contributed by atoms with Crippen LogP contribution in [0.15, 0.2) is 42.5 Å². The van der Waals surface area contributed by atoms with Gasteiger partial charge in [0.15, 0.2) is 5.11 Å².